The standard InChI is InChI=1S/C20H24N2O2S/c1-20(2,3)24-19(23)22-10-8-15-17(13-9-11-25-12-13)21-16-7-5-4-6-14(16)18(15)22/h4-7,9,11-12,15,17-18,21H,8,10H2,1-3H3/t15-,17+,18+/m1/s1. The predicted molar refractivity (Wildman–Crippen MR) is 101 cm³/mol. The van der Waals surface area contributed by atoms with Crippen LogP contribution in [0.1, 0.15) is 50.4 Å². The smallest absolute Gasteiger partial charge is 0.410 e. The van der Waals surface area contributed by atoms with Gasteiger partial charge in [-0.2, -0.15) is 11.3 Å². The van der Waals surface area contributed by atoms with E-state index in [1.165, 1.54) is 11.1 Å². The number of hydrogen-bond acceptors (Lipinski definition) is 4. The highest BCUT2D eigenvalue weighted by Gasteiger charge is 2.47. The minimum Gasteiger partial charge on any atom is -0.444 e. The van der Waals surface area contributed by atoms with Gasteiger partial charge in [-0.05, 0) is 61.2 Å². The molecule has 0 saturated carbocycles. The van der Waals surface area contributed by atoms with Crippen molar-refractivity contribution in [3.63, 3.8) is 0 Å². The summed E-state index contributed by atoms with van der Waals surface area (Å²) >= 11 is 1.72. The summed E-state index contributed by atoms with van der Waals surface area (Å²) in [5.74, 6) is 0.358. The summed E-state index contributed by atoms with van der Waals surface area (Å²) in [5.41, 5.74) is 3.15. The van der Waals surface area contributed by atoms with Crippen molar-refractivity contribution in [1.82, 2.24) is 4.90 Å². The molecule has 1 aromatic carbocycles. The molecule has 0 bridgehead atoms. The predicted octanol–water partition coefficient (Wildman–Crippen LogP) is 5.21. The summed E-state index contributed by atoms with van der Waals surface area (Å²) in [4.78, 5) is 14.7. The van der Waals surface area contributed by atoms with Crippen LogP contribution in [0.4, 0.5) is 10.5 Å². The number of benzene rings is 1. The van der Waals surface area contributed by atoms with E-state index in [4.69, 9.17) is 4.74 Å². The summed E-state index contributed by atoms with van der Waals surface area (Å²) in [5, 5.41) is 8.03. The van der Waals surface area contributed by atoms with Crippen LogP contribution in [0.3, 0.4) is 0 Å². The number of rotatable bonds is 1. The van der Waals surface area contributed by atoms with Crippen LogP contribution < -0.4 is 5.32 Å². The number of thiophene rings is 1. The molecule has 3 heterocycles. The molecule has 0 radical (unpaired) electrons. The van der Waals surface area contributed by atoms with Crippen molar-refractivity contribution in [1.29, 1.82) is 0 Å². The largest absolute Gasteiger partial charge is 0.444 e. The van der Waals surface area contributed by atoms with Gasteiger partial charge in [0.25, 0.3) is 0 Å². The van der Waals surface area contributed by atoms with E-state index < -0.39 is 5.60 Å². The van der Waals surface area contributed by atoms with Crippen LogP contribution in [0.25, 0.3) is 0 Å². The van der Waals surface area contributed by atoms with Crippen LogP contribution in [0.5, 0.6) is 0 Å². The number of carbonyl (C=O) groups excluding carboxylic acids is 1. The lowest BCUT2D eigenvalue weighted by Gasteiger charge is -2.39. The first kappa shape index (κ1) is 16.5. The SMILES string of the molecule is CC(C)(C)OC(=O)N1CC[C@@H]2[C@H](c3ccsc3)Nc3ccccc3[C@@H]21. The zero-order chi connectivity index (χ0) is 17.6. The maximum absolute atomic E-state index is 12.8. The molecule has 132 valence electrons. The van der Waals surface area contributed by atoms with E-state index in [0.29, 0.717) is 5.92 Å². The average Bonchev–Trinajstić information content (AvgIpc) is 3.22. The number of nitrogens with zero attached hydrogens (tertiary/aromatic N) is 1. The molecule has 1 saturated heterocycles. The quantitative estimate of drug-likeness (QED) is 0.762. The van der Waals surface area contributed by atoms with E-state index in [1.54, 1.807) is 11.3 Å². The molecule has 1 fully saturated rings. The second-order valence-electron chi connectivity index (χ2n) is 7.84. The number of hydrogen-bond donors (Lipinski definition) is 1. The molecule has 0 aliphatic carbocycles. The van der Waals surface area contributed by atoms with Crippen molar-refractivity contribution < 1.29 is 9.53 Å². The van der Waals surface area contributed by atoms with Crippen molar-refractivity contribution in [2.24, 2.45) is 5.92 Å². The first-order chi connectivity index (χ1) is 11.9. The Balaban J connectivity index is 1.71. The van der Waals surface area contributed by atoms with Crippen molar-refractivity contribution in [2.45, 2.75) is 44.9 Å². The van der Waals surface area contributed by atoms with E-state index in [-0.39, 0.29) is 18.2 Å². The van der Waals surface area contributed by atoms with Gasteiger partial charge in [-0.1, -0.05) is 18.2 Å². The lowest BCUT2D eigenvalue weighted by Crippen LogP contribution is -2.40. The Hall–Kier alpha value is -2.01. The van der Waals surface area contributed by atoms with E-state index in [9.17, 15) is 4.79 Å². The molecular weight excluding hydrogens is 332 g/mol. The molecule has 2 aromatic rings. The van der Waals surface area contributed by atoms with Gasteiger partial charge in [0.15, 0.2) is 0 Å². The highest BCUT2D eigenvalue weighted by Crippen LogP contribution is 2.51. The zero-order valence-corrected chi connectivity index (χ0v) is 15.7. The lowest BCUT2D eigenvalue weighted by atomic mass is 9.81. The maximum Gasteiger partial charge on any atom is 0.410 e. The van der Waals surface area contributed by atoms with Crippen molar-refractivity contribution in [2.75, 3.05) is 11.9 Å². The number of anilines is 1. The van der Waals surface area contributed by atoms with Crippen molar-refractivity contribution >= 4 is 23.1 Å². The molecule has 5 heteroatoms. The molecular formula is C20H24N2O2S. The highest BCUT2D eigenvalue weighted by atomic mass is 32.1. The van der Waals surface area contributed by atoms with E-state index >= 15 is 0 Å². The molecule has 1 aromatic heterocycles. The monoisotopic (exact) mass is 356 g/mol. The van der Waals surface area contributed by atoms with Gasteiger partial charge in [-0.3, -0.25) is 0 Å². The lowest BCUT2D eigenvalue weighted by molar-refractivity contribution is 0.0198. The van der Waals surface area contributed by atoms with Crippen LogP contribution in [0, 0.1) is 5.92 Å². The van der Waals surface area contributed by atoms with Gasteiger partial charge in [0.1, 0.15) is 5.60 Å². The van der Waals surface area contributed by atoms with E-state index in [0.717, 1.165) is 18.7 Å². The second-order valence-corrected chi connectivity index (χ2v) is 8.62. The Morgan fingerprint density at radius 1 is 1.28 bits per heavy atom. The van der Waals surface area contributed by atoms with Gasteiger partial charge in [-0.15, -0.1) is 0 Å². The Bertz CT molecular complexity index is 766. The molecule has 1 N–H and O–H groups in total. The van der Waals surface area contributed by atoms with Crippen LogP contribution in [0.2, 0.25) is 0 Å². The topological polar surface area (TPSA) is 41.6 Å². The van der Waals surface area contributed by atoms with Gasteiger partial charge in [0.2, 0.25) is 0 Å². The minimum absolute atomic E-state index is 0.0669. The van der Waals surface area contributed by atoms with Gasteiger partial charge in [0.05, 0.1) is 12.1 Å². The summed E-state index contributed by atoms with van der Waals surface area (Å²) in [6, 6.07) is 10.8. The number of ether oxygens (including phenoxy) is 1. The molecule has 1 amide bonds. The number of nitrogens with one attached hydrogen (secondary N) is 1. The summed E-state index contributed by atoms with van der Waals surface area (Å²) < 4.78 is 5.68. The Morgan fingerprint density at radius 3 is 2.80 bits per heavy atom. The van der Waals surface area contributed by atoms with Crippen LogP contribution in [-0.2, 0) is 4.74 Å². The molecule has 2 aliphatic rings. The molecule has 25 heavy (non-hydrogen) atoms. The highest BCUT2D eigenvalue weighted by molar-refractivity contribution is 7.08. The fourth-order valence-corrected chi connectivity index (χ4v) is 4.73. The molecule has 4 nitrogen and oxygen atoms in total. The van der Waals surface area contributed by atoms with Crippen LogP contribution in [-0.4, -0.2) is 23.1 Å². The summed E-state index contributed by atoms with van der Waals surface area (Å²) in [7, 11) is 0. The molecule has 4 rings (SSSR count). The van der Waals surface area contributed by atoms with Crippen molar-refractivity contribution in [3.8, 4) is 0 Å². The summed E-state index contributed by atoms with van der Waals surface area (Å²) in [6.07, 6.45) is 0.770. The fourth-order valence-electron chi connectivity index (χ4n) is 4.03. The molecule has 3 atom stereocenters. The van der Waals surface area contributed by atoms with Crippen molar-refractivity contribution in [3.05, 3.63) is 52.2 Å². The third kappa shape index (κ3) is 3.01. The maximum atomic E-state index is 12.8. The summed E-state index contributed by atoms with van der Waals surface area (Å²) in [6.45, 7) is 6.50. The Labute approximate surface area is 152 Å². The first-order valence-corrected chi connectivity index (χ1v) is 9.75. The van der Waals surface area contributed by atoms with Gasteiger partial charge in [-0.25, -0.2) is 4.79 Å². The van der Waals surface area contributed by atoms with E-state index in [1.807, 2.05) is 37.8 Å². The minimum atomic E-state index is -0.478. The van der Waals surface area contributed by atoms with E-state index in [2.05, 4.69) is 34.3 Å². The Kier molecular flexibility index (Phi) is 3.99. The molecule has 0 unspecified atom stereocenters. The average molecular weight is 356 g/mol. The van der Waals surface area contributed by atoms with Gasteiger partial charge >= 0.3 is 6.09 Å². The molecule has 2 aliphatic heterocycles. The number of likely N-dealkylation sites (tertiary alicyclic amines) is 1. The normalized spacial score (nSPS) is 25.1. The molecule has 0 spiro atoms. The zero-order valence-electron chi connectivity index (χ0n) is 14.9. The first-order valence-electron chi connectivity index (χ1n) is 8.81. The van der Waals surface area contributed by atoms with Crippen LogP contribution >= 0.6 is 11.3 Å². The number of carbonyl (C=O) groups is 1. The third-order valence-corrected chi connectivity index (χ3v) is 5.70. The fraction of sp³-hybridized carbons (Fsp3) is 0.450. The second kappa shape index (κ2) is 6.06. The van der Waals surface area contributed by atoms with Gasteiger partial charge < -0.3 is 15.0 Å². The van der Waals surface area contributed by atoms with Gasteiger partial charge in [0, 0.05) is 18.2 Å². The third-order valence-electron chi connectivity index (χ3n) is 4.99. The van der Waals surface area contributed by atoms with Crippen LogP contribution in [0.15, 0.2) is 41.1 Å². The Morgan fingerprint density at radius 2 is 2.08 bits per heavy atom. The number of amides is 1. The number of para-hydroxylation sites is 1. The number of fused-ring (bicyclic) bond motifs is 3.